The van der Waals surface area contributed by atoms with Gasteiger partial charge in [-0.2, -0.15) is 0 Å². The van der Waals surface area contributed by atoms with E-state index in [9.17, 15) is 0 Å². The molecule has 3 nitrogen and oxygen atoms in total. The Kier molecular flexibility index (Phi) is 6.61. The fourth-order valence-electron chi connectivity index (χ4n) is 6.30. The third kappa shape index (κ3) is 4.83. The highest BCUT2D eigenvalue weighted by Crippen LogP contribution is 2.43. The van der Waals surface area contributed by atoms with Crippen LogP contribution in [-0.4, -0.2) is 18.3 Å². The summed E-state index contributed by atoms with van der Waals surface area (Å²) in [5, 5.41) is 4.91. The summed E-state index contributed by atoms with van der Waals surface area (Å²) in [4.78, 5) is 2.36. The number of anilines is 3. The first-order valence-corrected chi connectivity index (χ1v) is 16.3. The van der Waals surface area contributed by atoms with Gasteiger partial charge < -0.3 is 14.2 Å². The highest BCUT2D eigenvalue weighted by molar-refractivity contribution is 7.27. The van der Waals surface area contributed by atoms with Crippen LogP contribution in [-0.2, 0) is 9.31 Å². The van der Waals surface area contributed by atoms with Gasteiger partial charge in [0.2, 0.25) is 0 Å². The maximum absolute atomic E-state index is 6.48. The molecule has 8 rings (SSSR count). The largest absolute Gasteiger partial charge is 0.496 e. The van der Waals surface area contributed by atoms with E-state index in [-0.39, 0.29) is 11.2 Å². The Balaban J connectivity index is 1.26. The van der Waals surface area contributed by atoms with E-state index < -0.39 is 7.12 Å². The summed E-state index contributed by atoms with van der Waals surface area (Å²) >= 11 is 1.81. The van der Waals surface area contributed by atoms with E-state index in [2.05, 4.69) is 166 Å². The van der Waals surface area contributed by atoms with E-state index in [0.29, 0.717) is 0 Å². The molecule has 0 spiro atoms. The van der Waals surface area contributed by atoms with E-state index in [1.165, 1.54) is 42.1 Å². The van der Waals surface area contributed by atoms with E-state index in [1.54, 1.807) is 0 Å². The Bertz CT molecular complexity index is 2170. The lowest BCUT2D eigenvalue weighted by Crippen LogP contribution is -2.41. The number of hydrogen-bond acceptors (Lipinski definition) is 4. The Morgan fingerprint density at radius 3 is 1.91 bits per heavy atom. The van der Waals surface area contributed by atoms with Gasteiger partial charge in [-0.1, -0.05) is 91.0 Å². The predicted molar refractivity (Wildman–Crippen MR) is 193 cm³/mol. The highest BCUT2D eigenvalue weighted by atomic mass is 32.1. The van der Waals surface area contributed by atoms with Crippen LogP contribution in [0.15, 0.2) is 133 Å². The second kappa shape index (κ2) is 10.6. The zero-order valence-corrected chi connectivity index (χ0v) is 26.8. The smallest absolute Gasteiger partial charge is 0.399 e. The number of rotatable bonds is 5. The van der Waals surface area contributed by atoms with Crippen molar-refractivity contribution in [2.24, 2.45) is 0 Å². The number of fused-ring (bicyclic) bond motifs is 4. The van der Waals surface area contributed by atoms with Crippen LogP contribution in [0.4, 0.5) is 17.1 Å². The van der Waals surface area contributed by atoms with Crippen LogP contribution < -0.4 is 10.4 Å². The normalized spacial score (nSPS) is 15.7. The second-order valence-corrected chi connectivity index (χ2v) is 13.9. The summed E-state index contributed by atoms with van der Waals surface area (Å²) in [5.41, 5.74) is 6.08. The standard InChI is InChI=1S/C40H34BNO2S/c1-39(2)40(3,4)44-41(43-39)36-16-10-15-34-35-26-33(23-24-37(35)45-38(34)36)42(32-22-19-28-13-8-9-14-30(28)25-32)31-20-17-29(18-21-31)27-11-6-5-7-12-27/h5-26H,1-4H3. The molecule has 0 amide bonds. The summed E-state index contributed by atoms with van der Waals surface area (Å²) in [6, 6.07) is 48.0. The first-order valence-electron chi connectivity index (χ1n) is 15.5. The van der Waals surface area contributed by atoms with E-state index in [0.717, 1.165) is 22.5 Å². The minimum absolute atomic E-state index is 0.389. The molecule has 220 valence electrons. The van der Waals surface area contributed by atoms with Gasteiger partial charge >= 0.3 is 7.12 Å². The van der Waals surface area contributed by atoms with E-state index >= 15 is 0 Å². The van der Waals surface area contributed by atoms with Gasteiger partial charge in [-0.25, -0.2) is 0 Å². The van der Waals surface area contributed by atoms with Gasteiger partial charge in [0.15, 0.2) is 0 Å². The third-order valence-electron chi connectivity index (χ3n) is 9.50. The molecule has 5 heteroatoms. The van der Waals surface area contributed by atoms with Gasteiger partial charge in [0.1, 0.15) is 0 Å². The van der Waals surface area contributed by atoms with Crippen molar-refractivity contribution in [3.05, 3.63) is 133 Å². The van der Waals surface area contributed by atoms with E-state index in [4.69, 9.17) is 9.31 Å². The Morgan fingerprint density at radius 2 is 1.16 bits per heavy atom. The zero-order chi connectivity index (χ0) is 30.8. The predicted octanol–water partition coefficient (Wildman–Crippen LogP) is 10.6. The van der Waals surface area contributed by atoms with Crippen molar-refractivity contribution in [1.82, 2.24) is 0 Å². The molecule has 0 N–H and O–H groups in total. The minimum atomic E-state index is -0.400. The molecule has 0 atom stereocenters. The molecule has 0 aliphatic carbocycles. The average Bonchev–Trinajstić information content (AvgIpc) is 3.53. The summed E-state index contributed by atoms with van der Waals surface area (Å²) in [6.07, 6.45) is 0. The zero-order valence-electron chi connectivity index (χ0n) is 26.0. The van der Waals surface area contributed by atoms with Gasteiger partial charge in [-0.3, -0.25) is 0 Å². The molecule has 1 saturated heterocycles. The van der Waals surface area contributed by atoms with Gasteiger partial charge in [-0.05, 0) is 92.1 Å². The third-order valence-corrected chi connectivity index (χ3v) is 10.7. The molecule has 0 bridgehead atoms. The second-order valence-electron chi connectivity index (χ2n) is 12.9. The lowest BCUT2D eigenvalue weighted by molar-refractivity contribution is 0.00578. The summed E-state index contributed by atoms with van der Waals surface area (Å²) in [5.74, 6) is 0. The lowest BCUT2D eigenvalue weighted by Gasteiger charge is -2.32. The molecule has 6 aromatic carbocycles. The van der Waals surface area contributed by atoms with Gasteiger partial charge in [-0.15, -0.1) is 11.3 Å². The van der Waals surface area contributed by atoms with Crippen LogP contribution in [0.1, 0.15) is 27.7 Å². The van der Waals surface area contributed by atoms with Crippen LogP contribution in [0.5, 0.6) is 0 Å². The van der Waals surface area contributed by atoms with Crippen molar-refractivity contribution >= 4 is 71.9 Å². The van der Waals surface area contributed by atoms with Crippen LogP contribution in [0.2, 0.25) is 0 Å². The number of thiophene rings is 1. The Labute approximate surface area is 268 Å². The fourth-order valence-corrected chi connectivity index (χ4v) is 7.50. The Morgan fingerprint density at radius 1 is 0.533 bits per heavy atom. The molecule has 7 aromatic rings. The molecular weight excluding hydrogens is 569 g/mol. The monoisotopic (exact) mass is 603 g/mol. The molecule has 0 saturated carbocycles. The molecule has 0 unspecified atom stereocenters. The topological polar surface area (TPSA) is 21.7 Å². The maximum atomic E-state index is 6.48. The molecule has 1 fully saturated rings. The molecule has 1 aliphatic rings. The van der Waals surface area contributed by atoms with Crippen LogP contribution in [0, 0.1) is 0 Å². The van der Waals surface area contributed by atoms with Gasteiger partial charge in [0.25, 0.3) is 0 Å². The molecule has 1 aliphatic heterocycles. The minimum Gasteiger partial charge on any atom is -0.399 e. The van der Waals surface area contributed by atoms with Gasteiger partial charge in [0, 0.05) is 42.7 Å². The number of nitrogens with zero attached hydrogens (tertiary/aromatic N) is 1. The highest BCUT2D eigenvalue weighted by Gasteiger charge is 2.52. The molecule has 1 aromatic heterocycles. The first-order chi connectivity index (χ1) is 21.8. The van der Waals surface area contributed by atoms with Crippen molar-refractivity contribution in [2.75, 3.05) is 4.90 Å². The molecule has 2 heterocycles. The van der Waals surface area contributed by atoms with Gasteiger partial charge in [0.05, 0.1) is 11.2 Å². The quantitative estimate of drug-likeness (QED) is 0.183. The SMILES string of the molecule is CC1(C)OB(c2cccc3c2sc2ccc(N(c4ccc(-c5ccccc5)cc4)c4ccc5ccccc5c4)cc23)OC1(C)C. The van der Waals surface area contributed by atoms with Crippen molar-refractivity contribution < 1.29 is 9.31 Å². The summed E-state index contributed by atoms with van der Waals surface area (Å²) < 4.78 is 15.4. The van der Waals surface area contributed by atoms with Crippen LogP contribution in [0.25, 0.3) is 42.1 Å². The number of benzene rings is 6. The first kappa shape index (κ1) is 28.1. The van der Waals surface area contributed by atoms with Crippen molar-refractivity contribution in [2.45, 2.75) is 38.9 Å². The van der Waals surface area contributed by atoms with Crippen LogP contribution >= 0.6 is 11.3 Å². The molecule has 0 radical (unpaired) electrons. The van der Waals surface area contributed by atoms with Crippen LogP contribution in [0.3, 0.4) is 0 Å². The maximum Gasteiger partial charge on any atom is 0.496 e. The fraction of sp³-hybridized carbons (Fsp3) is 0.150. The molecule has 45 heavy (non-hydrogen) atoms. The van der Waals surface area contributed by atoms with E-state index in [1.807, 2.05) is 11.3 Å². The average molecular weight is 604 g/mol. The van der Waals surface area contributed by atoms with Crippen molar-refractivity contribution in [1.29, 1.82) is 0 Å². The summed E-state index contributed by atoms with van der Waals surface area (Å²) in [7, 11) is -0.400. The number of hydrogen-bond donors (Lipinski definition) is 0. The van der Waals surface area contributed by atoms with Crippen molar-refractivity contribution in [3.63, 3.8) is 0 Å². The summed E-state index contributed by atoms with van der Waals surface area (Å²) in [6.45, 7) is 8.44. The van der Waals surface area contributed by atoms with Crippen molar-refractivity contribution in [3.8, 4) is 11.1 Å². The lowest BCUT2D eigenvalue weighted by atomic mass is 9.78. The molecular formula is C40H34BNO2S. The Hall–Kier alpha value is -4.42.